The van der Waals surface area contributed by atoms with Gasteiger partial charge in [0.05, 0.1) is 6.10 Å². The molecule has 1 aliphatic heterocycles. The Hall–Kier alpha value is -1.63. The summed E-state index contributed by atoms with van der Waals surface area (Å²) in [5.41, 5.74) is -1.69. The molecule has 0 bridgehead atoms. The van der Waals surface area contributed by atoms with Gasteiger partial charge in [0.1, 0.15) is 11.4 Å². The average molecular weight is 321 g/mol. The third kappa shape index (κ3) is 2.02. The number of hydrogen-bond donors (Lipinski definition) is 5. The first-order chi connectivity index (χ1) is 10.7. The molecule has 0 radical (unpaired) electrons. The lowest BCUT2D eigenvalue weighted by molar-refractivity contribution is -0.185. The van der Waals surface area contributed by atoms with E-state index in [1.165, 1.54) is 6.07 Å². The van der Waals surface area contributed by atoms with Crippen molar-refractivity contribution in [3.05, 3.63) is 23.3 Å². The number of nitrogens with one attached hydrogen (secondary N) is 1. The number of hydrogen-bond acceptors (Lipinski definition) is 6. The molecular weight excluding hydrogens is 298 g/mol. The topological polar surface area (TPSA) is 110 Å². The van der Waals surface area contributed by atoms with Crippen molar-refractivity contribution in [2.45, 2.75) is 56.3 Å². The maximum Gasteiger partial charge on any atom is 0.161 e. The highest BCUT2D eigenvalue weighted by atomic mass is 16.3. The molecule has 2 fully saturated rings. The first-order valence-corrected chi connectivity index (χ1v) is 7.91. The standard InChI is InChI=1S/C17H23NO5/c1-9-3-4-12(20)15(22)14(9)16-5-6-18-10(2)17(16,23)13(21)7-11(19)8-16/h3-4,10,13,18,20-23H,5-8H2,1-2H3. The van der Waals surface area contributed by atoms with Gasteiger partial charge >= 0.3 is 0 Å². The molecule has 1 saturated heterocycles. The van der Waals surface area contributed by atoms with E-state index in [-0.39, 0.29) is 30.1 Å². The first-order valence-electron chi connectivity index (χ1n) is 7.91. The van der Waals surface area contributed by atoms with Crippen LogP contribution in [0.2, 0.25) is 0 Å². The Kier molecular flexibility index (Phi) is 3.66. The van der Waals surface area contributed by atoms with Crippen molar-refractivity contribution in [2.24, 2.45) is 0 Å². The Morgan fingerprint density at radius 2 is 2.00 bits per heavy atom. The number of ketones is 1. The van der Waals surface area contributed by atoms with Gasteiger partial charge in [-0.25, -0.2) is 0 Å². The van der Waals surface area contributed by atoms with Crippen molar-refractivity contribution in [1.29, 1.82) is 0 Å². The molecule has 6 nitrogen and oxygen atoms in total. The normalized spacial score (nSPS) is 37.5. The maximum atomic E-state index is 12.2. The second-order valence-corrected chi connectivity index (χ2v) is 6.89. The molecule has 1 heterocycles. The largest absolute Gasteiger partial charge is 0.504 e. The second-order valence-electron chi connectivity index (χ2n) is 6.89. The molecule has 1 saturated carbocycles. The van der Waals surface area contributed by atoms with Gasteiger partial charge in [-0.05, 0) is 38.4 Å². The summed E-state index contributed by atoms with van der Waals surface area (Å²) in [6, 6.07) is 2.58. The van der Waals surface area contributed by atoms with Gasteiger partial charge in [0.2, 0.25) is 0 Å². The van der Waals surface area contributed by atoms with E-state index < -0.39 is 23.2 Å². The molecule has 2 aliphatic rings. The minimum atomic E-state index is -1.60. The van der Waals surface area contributed by atoms with Gasteiger partial charge in [-0.15, -0.1) is 0 Å². The maximum absolute atomic E-state index is 12.2. The zero-order chi connectivity index (χ0) is 17.0. The zero-order valence-corrected chi connectivity index (χ0v) is 13.3. The van der Waals surface area contributed by atoms with Crippen molar-refractivity contribution in [3.63, 3.8) is 0 Å². The number of fused-ring (bicyclic) bond motifs is 1. The molecular formula is C17H23NO5. The van der Waals surface area contributed by atoms with Crippen LogP contribution in [0.15, 0.2) is 12.1 Å². The number of aliphatic hydroxyl groups excluding tert-OH is 1. The number of rotatable bonds is 1. The summed E-state index contributed by atoms with van der Waals surface area (Å²) in [5.74, 6) is -0.765. The number of aliphatic hydroxyl groups is 2. The monoisotopic (exact) mass is 321 g/mol. The number of phenolic OH excluding ortho intramolecular Hbond substituents is 2. The Balaban J connectivity index is 2.31. The van der Waals surface area contributed by atoms with Crippen molar-refractivity contribution >= 4 is 5.78 Å². The van der Waals surface area contributed by atoms with E-state index in [0.29, 0.717) is 24.1 Å². The average Bonchev–Trinajstić information content (AvgIpc) is 2.47. The van der Waals surface area contributed by atoms with Crippen LogP contribution in [0.5, 0.6) is 11.5 Å². The van der Waals surface area contributed by atoms with Crippen LogP contribution in [0.4, 0.5) is 0 Å². The highest BCUT2D eigenvalue weighted by Gasteiger charge is 2.64. The van der Waals surface area contributed by atoms with Crippen LogP contribution in [0, 0.1) is 6.92 Å². The number of carbonyl (C=O) groups is 1. The smallest absolute Gasteiger partial charge is 0.161 e. The summed E-state index contributed by atoms with van der Waals surface area (Å²) in [7, 11) is 0. The number of benzene rings is 1. The molecule has 4 unspecified atom stereocenters. The summed E-state index contributed by atoms with van der Waals surface area (Å²) in [5, 5.41) is 45.5. The number of Topliss-reactive ketones (excluding diaryl/α,β-unsaturated/α-hetero) is 1. The van der Waals surface area contributed by atoms with Gasteiger partial charge in [-0.3, -0.25) is 4.79 Å². The Morgan fingerprint density at radius 3 is 2.70 bits per heavy atom. The molecule has 4 atom stereocenters. The second kappa shape index (κ2) is 5.19. The number of carbonyl (C=O) groups excluding carboxylic acids is 1. The van der Waals surface area contributed by atoms with E-state index in [9.17, 15) is 25.2 Å². The van der Waals surface area contributed by atoms with Crippen LogP contribution in [0.3, 0.4) is 0 Å². The minimum Gasteiger partial charge on any atom is -0.504 e. The Labute approximate surface area is 134 Å². The molecule has 126 valence electrons. The van der Waals surface area contributed by atoms with Crippen LogP contribution in [0.25, 0.3) is 0 Å². The molecule has 0 spiro atoms. The molecule has 5 N–H and O–H groups in total. The van der Waals surface area contributed by atoms with Crippen LogP contribution in [0.1, 0.15) is 37.3 Å². The van der Waals surface area contributed by atoms with Crippen LogP contribution < -0.4 is 5.32 Å². The molecule has 23 heavy (non-hydrogen) atoms. The van der Waals surface area contributed by atoms with E-state index in [0.717, 1.165) is 0 Å². The SMILES string of the molecule is Cc1ccc(O)c(O)c1C12CCNC(C)C1(O)C(O)CC(=O)C2. The van der Waals surface area contributed by atoms with Gasteiger partial charge in [0, 0.05) is 29.9 Å². The van der Waals surface area contributed by atoms with E-state index in [1.54, 1.807) is 19.9 Å². The fraction of sp³-hybridized carbons (Fsp3) is 0.588. The fourth-order valence-corrected chi connectivity index (χ4v) is 4.59. The first kappa shape index (κ1) is 16.2. The van der Waals surface area contributed by atoms with E-state index >= 15 is 0 Å². The lowest BCUT2D eigenvalue weighted by Gasteiger charge is -2.58. The van der Waals surface area contributed by atoms with Crippen molar-refractivity contribution in [3.8, 4) is 11.5 Å². The highest BCUT2D eigenvalue weighted by Crippen LogP contribution is 2.55. The van der Waals surface area contributed by atoms with Gasteiger partial charge < -0.3 is 25.7 Å². The lowest BCUT2D eigenvalue weighted by Crippen LogP contribution is -2.74. The lowest BCUT2D eigenvalue weighted by atomic mass is 9.52. The van der Waals surface area contributed by atoms with Crippen molar-refractivity contribution in [1.82, 2.24) is 5.32 Å². The number of aryl methyl sites for hydroxylation is 1. The van der Waals surface area contributed by atoms with Gasteiger partial charge in [0.25, 0.3) is 0 Å². The van der Waals surface area contributed by atoms with E-state index in [1.807, 2.05) is 0 Å². The summed E-state index contributed by atoms with van der Waals surface area (Å²) in [6.07, 6.45) is -0.922. The molecule has 3 rings (SSSR count). The predicted molar refractivity (Wildman–Crippen MR) is 83.5 cm³/mol. The third-order valence-electron chi connectivity index (χ3n) is 5.70. The fourth-order valence-electron chi connectivity index (χ4n) is 4.59. The molecule has 6 heteroatoms. The minimum absolute atomic E-state index is 0.0322. The van der Waals surface area contributed by atoms with Crippen molar-refractivity contribution < 1.29 is 25.2 Å². The van der Waals surface area contributed by atoms with Gasteiger partial charge in [-0.1, -0.05) is 6.07 Å². The molecule has 0 aromatic heterocycles. The Morgan fingerprint density at radius 1 is 1.30 bits per heavy atom. The summed E-state index contributed by atoms with van der Waals surface area (Å²) in [4.78, 5) is 12.2. The number of aromatic hydroxyl groups is 2. The van der Waals surface area contributed by atoms with E-state index in [4.69, 9.17) is 0 Å². The zero-order valence-electron chi connectivity index (χ0n) is 13.3. The summed E-state index contributed by atoms with van der Waals surface area (Å²) >= 11 is 0. The van der Waals surface area contributed by atoms with Gasteiger partial charge in [0.15, 0.2) is 11.5 Å². The quantitative estimate of drug-likeness (QED) is 0.481. The summed E-state index contributed by atoms with van der Waals surface area (Å²) in [6.45, 7) is 4.07. The van der Waals surface area contributed by atoms with Gasteiger partial charge in [-0.2, -0.15) is 0 Å². The predicted octanol–water partition coefficient (Wildman–Crippen LogP) is 0.481. The number of phenols is 2. The van der Waals surface area contributed by atoms with E-state index in [2.05, 4.69) is 5.32 Å². The highest BCUT2D eigenvalue weighted by molar-refractivity contribution is 5.83. The third-order valence-corrected chi connectivity index (χ3v) is 5.70. The molecule has 1 aromatic rings. The number of piperidine rings is 1. The summed E-state index contributed by atoms with van der Waals surface area (Å²) < 4.78 is 0. The molecule has 0 amide bonds. The van der Waals surface area contributed by atoms with Crippen LogP contribution >= 0.6 is 0 Å². The van der Waals surface area contributed by atoms with Crippen molar-refractivity contribution in [2.75, 3.05) is 6.54 Å². The molecule has 1 aromatic carbocycles. The van der Waals surface area contributed by atoms with Crippen LogP contribution in [-0.2, 0) is 10.2 Å². The Bertz CT molecular complexity index is 661. The molecule has 1 aliphatic carbocycles. The van der Waals surface area contributed by atoms with Crippen LogP contribution in [-0.4, -0.2) is 50.5 Å².